The molecular weight excluding hydrogens is 205 g/mol. The first-order valence-corrected chi connectivity index (χ1v) is 5.52. The fraction of sp³-hybridized carbons (Fsp3) is 1.00. The zero-order valence-corrected chi connectivity index (χ0v) is 9.01. The van der Waals surface area contributed by atoms with Crippen molar-refractivity contribution in [1.82, 2.24) is 0 Å². The van der Waals surface area contributed by atoms with Crippen molar-refractivity contribution in [2.75, 3.05) is 0 Å². The van der Waals surface area contributed by atoms with E-state index in [2.05, 4.69) is 0 Å². The van der Waals surface area contributed by atoms with Crippen LogP contribution in [0.1, 0.15) is 33.1 Å². The first-order valence-electron chi connectivity index (χ1n) is 5.52. The Morgan fingerprint density at radius 1 is 1.13 bits per heavy atom. The summed E-state index contributed by atoms with van der Waals surface area (Å²) in [4.78, 5) is 0. The van der Waals surface area contributed by atoms with Gasteiger partial charge in [0.1, 0.15) is 0 Å². The molecule has 0 aliphatic heterocycles. The fourth-order valence-corrected chi connectivity index (χ4v) is 3.56. The molecule has 2 saturated carbocycles. The molecule has 5 atom stereocenters. The van der Waals surface area contributed by atoms with Crippen molar-refractivity contribution >= 4 is 0 Å². The van der Waals surface area contributed by atoms with E-state index in [1.165, 1.54) is 0 Å². The summed E-state index contributed by atoms with van der Waals surface area (Å²) in [6.45, 7) is 2.94. The Hall–Kier alpha value is -0.250. The zero-order chi connectivity index (χ0) is 11.4. The van der Waals surface area contributed by atoms with E-state index in [9.17, 15) is 18.3 Å². The fourth-order valence-electron chi connectivity index (χ4n) is 3.56. The Morgan fingerprint density at radius 3 is 2.13 bits per heavy atom. The molecule has 0 aromatic carbocycles. The highest BCUT2D eigenvalue weighted by molar-refractivity contribution is 5.03. The lowest BCUT2D eigenvalue weighted by molar-refractivity contribution is -0.278. The molecule has 0 saturated heterocycles. The highest BCUT2D eigenvalue weighted by Gasteiger charge is 2.61. The molecule has 0 radical (unpaired) electrons. The van der Waals surface area contributed by atoms with Gasteiger partial charge in [-0.05, 0) is 49.9 Å². The van der Waals surface area contributed by atoms with Crippen molar-refractivity contribution < 1.29 is 18.3 Å². The summed E-state index contributed by atoms with van der Waals surface area (Å²) in [5.74, 6) is 0.212. The molecular formula is C11H17F3O. The topological polar surface area (TPSA) is 20.2 Å². The van der Waals surface area contributed by atoms with Crippen LogP contribution in [0.2, 0.25) is 0 Å². The van der Waals surface area contributed by atoms with Gasteiger partial charge < -0.3 is 5.11 Å². The van der Waals surface area contributed by atoms with E-state index in [0.29, 0.717) is 18.3 Å². The zero-order valence-electron chi connectivity index (χ0n) is 9.01. The van der Waals surface area contributed by atoms with Crippen LogP contribution in [-0.2, 0) is 0 Å². The van der Waals surface area contributed by atoms with Crippen molar-refractivity contribution in [2.24, 2.45) is 23.7 Å². The Morgan fingerprint density at radius 2 is 1.73 bits per heavy atom. The lowest BCUT2D eigenvalue weighted by Crippen LogP contribution is -2.51. The molecule has 4 heteroatoms. The van der Waals surface area contributed by atoms with Crippen molar-refractivity contribution in [2.45, 2.75) is 44.9 Å². The SMILES string of the molecule is CC1CC2CC1C(C(C)(O)C(F)(F)F)C2. The van der Waals surface area contributed by atoms with Crippen LogP contribution in [0.25, 0.3) is 0 Å². The minimum Gasteiger partial charge on any atom is -0.380 e. The third-order valence-corrected chi connectivity index (χ3v) is 4.44. The van der Waals surface area contributed by atoms with Crippen molar-refractivity contribution in [3.05, 3.63) is 0 Å². The van der Waals surface area contributed by atoms with E-state index in [4.69, 9.17) is 0 Å². The third-order valence-electron chi connectivity index (χ3n) is 4.44. The Bertz CT molecular complexity index is 259. The van der Waals surface area contributed by atoms with Crippen molar-refractivity contribution in [1.29, 1.82) is 0 Å². The summed E-state index contributed by atoms with van der Waals surface area (Å²) < 4.78 is 38.1. The molecule has 0 spiro atoms. The van der Waals surface area contributed by atoms with Crippen LogP contribution in [0, 0.1) is 23.7 Å². The van der Waals surface area contributed by atoms with E-state index in [1.54, 1.807) is 0 Å². The molecule has 1 N–H and O–H groups in total. The lowest BCUT2D eigenvalue weighted by atomic mass is 9.73. The number of hydrogen-bond acceptors (Lipinski definition) is 1. The van der Waals surface area contributed by atoms with Crippen LogP contribution < -0.4 is 0 Å². The molecule has 5 unspecified atom stereocenters. The van der Waals surface area contributed by atoms with Gasteiger partial charge in [-0.15, -0.1) is 0 Å². The van der Waals surface area contributed by atoms with Crippen LogP contribution in [0.15, 0.2) is 0 Å². The lowest BCUT2D eigenvalue weighted by Gasteiger charge is -2.39. The largest absolute Gasteiger partial charge is 0.417 e. The number of rotatable bonds is 1. The maximum atomic E-state index is 12.7. The maximum absolute atomic E-state index is 12.7. The van der Waals surface area contributed by atoms with Crippen molar-refractivity contribution in [3.63, 3.8) is 0 Å². The minimum atomic E-state index is -4.50. The average molecular weight is 222 g/mol. The predicted molar refractivity (Wildman–Crippen MR) is 50.2 cm³/mol. The molecule has 15 heavy (non-hydrogen) atoms. The second kappa shape index (κ2) is 3.12. The standard InChI is InChI=1S/C11H17F3O/c1-6-3-7-4-8(6)9(5-7)10(2,15)11(12,13)14/h6-9,15H,3-5H2,1-2H3. The minimum absolute atomic E-state index is 0.0617. The van der Waals surface area contributed by atoms with Gasteiger partial charge in [-0.25, -0.2) is 0 Å². The summed E-state index contributed by atoms with van der Waals surface area (Å²) in [7, 11) is 0. The Kier molecular flexibility index (Phi) is 2.34. The number of hydrogen-bond donors (Lipinski definition) is 1. The van der Waals surface area contributed by atoms with E-state index in [-0.39, 0.29) is 5.92 Å². The van der Waals surface area contributed by atoms with Crippen molar-refractivity contribution in [3.8, 4) is 0 Å². The molecule has 0 amide bonds. The molecule has 2 fully saturated rings. The van der Waals surface area contributed by atoms with Gasteiger partial charge in [0.2, 0.25) is 0 Å². The number of fused-ring (bicyclic) bond motifs is 2. The second-order valence-corrected chi connectivity index (χ2v) is 5.47. The monoisotopic (exact) mass is 222 g/mol. The molecule has 1 nitrogen and oxygen atoms in total. The molecule has 0 heterocycles. The van der Waals surface area contributed by atoms with Crippen LogP contribution in [0.3, 0.4) is 0 Å². The van der Waals surface area contributed by atoms with Crippen LogP contribution >= 0.6 is 0 Å². The van der Waals surface area contributed by atoms with Gasteiger partial charge in [0.05, 0.1) is 0 Å². The first-order chi connectivity index (χ1) is 6.73. The summed E-state index contributed by atoms with van der Waals surface area (Å²) >= 11 is 0. The normalized spacial score (nSPS) is 44.4. The van der Waals surface area contributed by atoms with Gasteiger partial charge in [-0.2, -0.15) is 13.2 Å². The van der Waals surface area contributed by atoms with Gasteiger partial charge in [-0.1, -0.05) is 6.92 Å². The number of alkyl halides is 3. The van der Waals surface area contributed by atoms with Crippen LogP contribution in [0.5, 0.6) is 0 Å². The second-order valence-electron chi connectivity index (χ2n) is 5.47. The summed E-state index contributed by atoms with van der Waals surface area (Å²) in [5, 5.41) is 9.67. The van der Waals surface area contributed by atoms with Crippen LogP contribution in [0.4, 0.5) is 13.2 Å². The molecule has 0 aromatic rings. The van der Waals surface area contributed by atoms with E-state index < -0.39 is 17.7 Å². The number of aliphatic hydroxyl groups is 1. The molecule has 2 aliphatic rings. The van der Waals surface area contributed by atoms with Gasteiger partial charge >= 0.3 is 6.18 Å². The summed E-state index contributed by atoms with van der Waals surface area (Å²) in [5.41, 5.74) is -2.50. The van der Waals surface area contributed by atoms with E-state index >= 15 is 0 Å². The molecule has 88 valence electrons. The quantitative estimate of drug-likeness (QED) is 0.723. The molecule has 2 bridgehead atoms. The van der Waals surface area contributed by atoms with E-state index in [0.717, 1.165) is 19.8 Å². The third kappa shape index (κ3) is 1.57. The number of halogens is 3. The van der Waals surface area contributed by atoms with E-state index in [1.807, 2.05) is 6.92 Å². The Labute approximate surface area is 87.7 Å². The summed E-state index contributed by atoms with van der Waals surface area (Å²) in [6.07, 6.45) is -2.05. The smallest absolute Gasteiger partial charge is 0.380 e. The highest BCUT2D eigenvalue weighted by atomic mass is 19.4. The summed E-state index contributed by atoms with van der Waals surface area (Å²) in [6, 6.07) is 0. The van der Waals surface area contributed by atoms with Crippen LogP contribution in [-0.4, -0.2) is 16.9 Å². The van der Waals surface area contributed by atoms with Gasteiger partial charge in [-0.3, -0.25) is 0 Å². The van der Waals surface area contributed by atoms with Gasteiger partial charge in [0.15, 0.2) is 5.60 Å². The first kappa shape index (κ1) is 11.2. The molecule has 2 rings (SSSR count). The Balaban J connectivity index is 2.19. The maximum Gasteiger partial charge on any atom is 0.417 e. The van der Waals surface area contributed by atoms with Gasteiger partial charge in [0, 0.05) is 0 Å². The molecule has 2 aliphatic carbocycles. The molecule has 0 aromatic heterocycles. The predicted octanol–water partition coefficient (Wildman–Crippen LogP) is 2.98. The average Bonchev–Trinajstić information content (AvgIpc) is 2.59. The van der Waals surface area contributed by atoms with Gasteiger partial charge in [0.25, 0.3) is 0 Å². The highest BCUT2D eigenvalue weighted by Crippen LogP contribution is 2.57.